The molecule has 0 saturated carbocycles. The van der Waals surface area contributed by atoms with Crippen LogP contribution in [-0.2, 0) is 23.9 Å². The number of hydrogen-bond donors (Lipinski definition) is 3. The molecule has 2 fully saturated rings. The Morgan fingerprint density at radius 2 is 1.90 bits per heavy atom. The van der Waals surface area contributed by atoms with Crippen molar-refractivity contribution in [2.45, 2.75) is 62.6 Å². The first-order chi connectivity index (χ1) is 19.2. The molecule has 0 aromatic heterocycles. The topological polar surface area (TPSA) is 136 Å². The number of nitrogens with one attached hydrogen (secondary N) is 2. The van der Waals surface area contributed by atoms with Gasteiger partial charge in [-0.25, -0.2) is 0 Å². The number of allylic oxidation sites excluding steroid dienone is 1. The van der Waals surface area contributed by atoms with Gasteiger partial charge in [-0.15, -0.1) is 0 Å². The summed E-state index contributed by atoms with van der Waals surface area (Å²) in [5, 5.41) is 5.83. The van der Waals surface area contributed by atoms with Gasteiger partial charge in [-0.2, -0.15) is 0 Å². The van der Waals surface area contributed by atoms with Crippen LogP contribution in [0.5, 0.6) is 5.75 Å². The van der Waals surface area contributed by atoms with Crippen LogP contribution in [0, 0.1) is 0 Å². The van der Waals surface area contributed by atoms with Crippen molar-refractivity contribution in [2.75, 3.05) is 46.6 Å². The van der Waals surface area contributed by atoms with Crippen molar-refractivity contribution in [2.24, 2.45) is 5.73 Å². The lowest BCUT2D eigenvalue weighted by molar-refractivity contribution is -0.131. The number of benzene rings is 1. The summed E-state index contributed by atoms with van der Waals surface area (Å²) in [4.78, 5) is 41.8. The molecule has 3 aliphatic rings. The average molecular weight is 555 g/mol. The van der Waals surface area contributed by atoms with Gasteiger partial charge in [0.15, 0.2) is 5.78 Å². The molecule has 1 aromatic carbocycles. The van der Waals surface area contributed by atoms with E-state index in [9.17, 15) is 14.4 Å². The lowest BCUT2D eigenvalue weighted by atomic mass is 9.88. The van der Waals surface area contributed by atoms with Gasteiger partial charge in [0, 0.05) is 24.8 Å². The molecule has 0 bridgehead atoms. The van der Waals surface area contributed by atoms with Gasteiger partial charge in [0.05, 0.1) is 45.4 Å². The van der Waals surface area contributed by atoms with Crippen LogP contribution < -0.4 is 21.1 Å². The summed E-state index contributed by atoms with van der Waals surface area (Å²) in [5.74, 6) is -0.664. The van der Waals surface area contributed by atoms with Gasteiger partial charge in [-0.1, -0.05) is 30.4 Å². The Kier molecular flexibility index (Phi) is 10.1. The summed E-state index contributed by atoms with van der Waals surface area (Å²) in [6.07, 6.45) is 5.78. The standard InChI is InChI=1S/C30H42N4O6/c1-20(32-27(35)18-34-12-14-39-15-13-34)25(31)17-24(22-8-10-23(38-3)11-9-22)29(37)33-26(16-21-6-4-5-7-21)28(36)30(2)19-40-30/h6,8-11,24-26H,1,4-5,7,12-19,31H2,2-3H3,(H,32,35)(H,33,37)/t24?,25-,26-,30+/m0/s1. The highest BCUT2D eigenvalue weighted by molar-refractivity contribution is 5.97. The molecule has 1 unspecified atom stereocenters. The summed E-state index contributed by atoms with van der Waals surface area (Å²) < 4.78 is 16.0. The molecule has 4 rings (SSSR count). The van der Waals surface area contributed by atoms with E-state index >= 15 is 0 Å². The van der Waals surface area contributed by atoms with E-state index in [1.54, 1.807) is 26.2 Å². The summed E-state index contributed by atoms with van der Waals surface area (Å²) in [5.41, 5.74) is 7.87. The molecule has 2 heterocycles. The van der Waals surface area contributed by atoms with Crippen LogP contribution in [-0.4, -0.2) is 86.7 Å². The van der Waals surface area contributed by atoms with Crippen LogP contribution in [0.1, 0.15) is 50.5 Å². The number of carbonyl (C=O) groups is 3. The van der Waals surface area contributed by atoms with Crippen molar-refractivity contribution < 1.29 is 28.6 Å². The second kappa shape index (κ2) is 13.5. The molecule has 1 aliphatic carbocycles. The predicted octanol–water partition coefficient (Wildman–Crippen LogP) is 1.80. The van der Waals surface area contributed by atoms with E-state index in [0.29, 0.717) is 50.8 Å². The number of ether oxygens (including phenoxy) is 3. The molecule has 218 valence electrons. The second-order valence-electron chi connectivity index (χ2n) is 11.0. The number of nitrogens with zero attached hydrogens (tertiary/aromatic N) is 1. The fraction of sp³-hybridized carbons (Fsp3) is 0.567. The minimum absolute atomic E-state index is 0.119. The summed E-state index contributed by atoms with van der Waals surface area (Å²) in [6, 6.07) is 5.81. The van der Waals surface area contributed by atoms with E-state index in [0.717, 1.165) is 24.8 Å². The van der Waals surface area contributed by atoms with Crippen LogP contribution in [0.3, 0.4) is 0 Å². The smallest absolute Gasteiger partial charge is 0.238 e. The third kappa shape index (κ3) is 8.00. The van der Waals surface area contributed by atoms with Gasteiger partial charge < -0.3 is 30.6 Å². The number of amides is 2. The molecule has 2 aliphatic heterocycles. The van der Waals surface area contributed by atoms with E-state index in [2.05, 4.69) is 23.3 Å². The Morgan fingerprint density at radius 1 is 1.20 bits per heavy atom. The Hall–Kier alpha value is -3.05. The molecule has 0 radical (unpaired) electrons. The first-order valence-corrected chi connectivity index (χ1v) is 14.0. The summed E-state index contributed by atoms with van der Waals surface area (Å²) >= 11 is 0. The van der Waals surface area contributed by atoms with Gasteiger partial charge in [0.2, 0.25) is 11.8 Å². The van der Waals surface area contributed by atoms with Crippen LogP contribution >= 0.6 is 0 Å². The number of methoxy groups -OCH3 is 1. The van der Waals surface area contributed by atoms with E-state index in [4.69, 9.17) is 19.9 Å². The molecule has 10 nitrogen and oxygen atoms in total. The predicted molar refractivity (Wildman–Crippen MR) is 151 cm³/mol. The number of carbonyl (C=O) groups excluding carboxylic acids is 3. The first-order valence-electron chi connectivity index (χ1n) is 14.0. The molecule has 2 saturated heterocycles. The Balaban J connectivity index is 1.46. The maximum Gasteiger partial charge on any atom is 0.238 e. The van der Waals surface area contributed by atoms with Gasteiger partial charge in [0.1, 0.15) is 11.4 Å². The minimum atomic E-state index is -0.859. The molecular weight excluding hydrogens is 512 g/mol. The normalized spacial score (nSPS) is 22.9. The quantitative estimate of drug-likeness (QED) is 0.234. The highest BCUT2D eigenvalue weighted by atomic mass is 16.6. The zero-order valence-corrected chi connectivity index (χ0v) is 23.6. The monoisotopic (exact) mass is 554 g/mol. The molecule has 0 spiro atoms. The molecule has 4 N–H and O–H groups in total. The van der Waals surface area contributed by atoms with Crippen molar-refractivity contribution in [3.8, 4) is 5.75 Å². The maximum absolute atomic E-state index is 13.8. The first kappa shape index (κ1) is 29.9. The summed E-state index contributed by atoms with van der Waals surface area (Å²) in [7, 11) is 1.58. The fourth-order valence-electron chi connectivity index (χ4n) is 5.19. The van der Waals surface area contributed by atoms with Crippen molar-refractivity contribution in [1.29, 1.82) is 0 Å². The number of epoxide rings is 1. The fourth-order valence-corrected chi connectivity index (χ4v) is 5.19. The second-order valence-corrected chi connectivity index (χ2v) is 11.0. The average Bonchev–Trinajstić information content (AvgIpc) is 3.49. The summed E-state index contributed by atoms with van der Waals surface area (Å²) in [6.45, 7) is 8.89. The van der Waals surface area contributed by atoms with Crippen molar-refractivity contribution in [3.05, 3.63) is 53.8 Å². The molecule has 2 amide bonds. The molecule has 4 atom stereocenters. The van der Waals surface area contributed by atoms with Crippen molar-refractivity contribution >= 4 is 17.6 Å². The third-order valence-corrected chi connectivity index (χ3v) is 7.88. The van der Waals surface area contributed by atoms with Crippen molar-refractivity contribution in [1.82, 2.24) is 15.5 Å². The minimum Gasteiger partial charge on any atom is -0.497 e. The van der Waals surface area contributed by atoms with Crippen LogP contribution in [0.25, 0.3) is 0 Å². The number of rotatable bonds is 14. The Morgan fingerprint density at radius 3 is 2.50 bits per heavy atom. The highest BCUT2D eigenvalue weighted by Crippen LogP contribution is 2.32. The van der Waals surface area contributed by atoms with Crippen LogP contribution in [0.2, 0.25) is 0 Å². The maximum atomic E-state index is 13.8. The van der Waals surface area contributed by atoms with Gasteiger partial charge in [0.25, 0.3) is 0 Å². The van der Waals surface area contributed by atoms with E-state index < -0.39 is 23.6 Å². The molecular formula is C30H42N4O6. The third-order valence-electron chi connectivity index (χ3n) is 7.88. The SMILES string of the molecule is C=C(NC(=O)CN1CCOCC1)[C@@H](N)CC(C(=O)N[C@@H](CC1=CCCC1)C(=O)[C@@]1(C)CO1)c1ccc(OC)cc1. The van der Waals surface area contributed by atoms with Gasteiger partial charge in [-0.05, 0) is 56.7 Å². The Bertz CT molecular complexity index is 1110. The van der Waals surface area contributed by atoms with E-state index in [-0.39, 0.29) is 30.6 Å². The number of Topliss-reactive ketones (excluding diaryl/α,β-unsaturated/α-hetero) is 1. The zero-order chi connectivity index (χ0) is 28.7. The number of morpholine rings is 1. The van der Waals surface area contributed by atoms with E-state index in [1.807, 2.05) is 17.0 Å². The van der Waals surface area contributed by atoms with E-state index in [1.165, 1.54) is 5.57 Å². The number of hydrogen-bond acceptors (Lipinski definition) is 8. The lowest BCUT2D eigenvalue weighted by Crippen LogP contribution is -2.48. The Labute approximate surface area is 236 Å². The molecule has 1 aromatic rings. The van der Waals surface area contributed by atoms with Crippen molar-refractivity contribution in [3.63, 3.8) is 0 Å². The molecule has 40 heavy (non-hydrogen) atoms. The van der Waals surface area contributed by atoms with Gasteiger partial charge >= 0.3 is 0 Å². The number of ketones is 1. The highest BCUT2D eigenvalue weighted by Gasteiger charge is 2.50. The zero-order valence-electron chi connectivity index (χ0n) is 23.6. The molecule has 10 heteroatoms. The lowest BCUT2D eigenvalue weighted by Gasteiger charge is -2.28. The van der Waals surface area contributed by atoms with Crippen LogP contribution in [0.4, 0.5) is 0 Å². The number of nitrogens with two attached hydrogens (primary N) is 1. The largest absolute Gasteiger partial charge is 0.497 e. The van der Waals surface area contributed by atoms with Gasteiger partial charge in [-0.3, -0.25) is 19.3 Å². The van der Waals surface area contributed by atoms with Crippen LogP contribution in [0.15, 0.2) is 48.2 Å².